The fourth-order valence-corrected chi connectivity index (χ4v) is 3.73. The van der Waals surface area contributed by atoms with Gasteiger partial charge in [-0.05, 0) is 42.5 Å². The number of rotatable bonds is 7. The number of hydrogen-bond donors (Lipinski definition) is 2. The Bertz CT molecular complexity index is 1190. The molecule has 1 amide bonds. The molecule has 0 aliphatic rings. The Balaban J connectivity index is 1.88. The lowest BCUT2D eigenvalue weighted by atomic mass is 10.1. The number of ether oxygens (including phenoxy) is 1. The number of amides is 1. The number of nitro groups is 1. The number of carbonyl (C=O) groups excluding carboxylic acids is 1. The average molecular weight is 427 g/mol. The topological polar surface area (TPSA) is 128 Å². The van der Waals surface area contributed by atoms with E-state index >= 15 is 0 Å². The Morgan fingerprint density at radius 1 is 0.933 bits per heavy atom. The lowest BCUT2D eigenvalue weighted by Crippen LogP contribution is -2.18. The Kier molecular flexibility index (Phi) is 5.98. The van der Waals surface area contributed by atoms with Crippen LogP contribution in [0.25, 0.3) is 0 Å². The van der Waals surface area contributed by atoms with Crippen molar-refractivity contribution in [3.05, 3.63) is 88.5 Å². The van der Waals surface area contributed by atoms with E-state index < -0.39 is 20.9 Å². The van der Waals surface area contributed by atoms with Crippen LogP contribution in [-0.4, -0.2) is 26.4 Å². The van der Waals surface area contributed by atoms with Gasteiger partial charge in [0, 0.05) is 6.07 Å². The Morgan fingerprint density at radius 3 is 2.17 bits per heavy atom. The third-order valence-electron chi connectivity index (χ3n) is 4.13. The molecule has 0 spiro atoms. The molecule has 2 N–H and O–H groups in total. The van der Waals surface area contributed by atoms with E-state index in [0.717, 1.165) is 0 Å². The fraction of sp³-hybridized carbons (Fsp3) is 0.0500. The molecular formula is C20H17N3O6S. The summed E-state index contributed by atoms with van der Waals surface area (Å²) >= 11 is 0. The molecule has 3 rings (SSSR count). The maximum Gasteiger partial charge on any atom is 0.282 e. The van der Waals surface area contributed by atoms with E-state index in [2.05, 4.69) is 10.0 Å². The molecule has 0 saturated heterocycles. The highest BCUT2D eigenvalue weighted by Gasteiger charge is 2.21. The average Bonchev–Trinajstić information content (AvgIpc) is 2.75. The SMILES string of the molecule is COc1ccc(S(=O)(=O)Nc2ccccc2NC(=O)c2ccccc2[N+](=O)[O-])cc1. The predicted octanol–water partition coefficient (Wildman–Crippen LogP) is 3.66. The fourth-order valence-electron chi connectivity index (χ4n) is 2.65. The van der Waals surface area contributed by atoms with Gasteiger partial charge in [0.1, 0.15) is 11.3 Å². The van der Waals surface area contributed by atoms with Crippen molar-refractivity contribution >= 4 is 33.0 Å². The molecule has 3 aromatic carbocycles. The lowest BCUT2D eigenvalue weighted by molar-refractivity contribution is -0.385. The third-order valence-corrected chi connectivity index (χ3v) is 5.52. The molecule has 0 bridgehead atoms. The van der Waals surface area contributed by atoms with Crippen molar-refractivity contribution in [1.82, 2.24) is 0 Å². The van der Waals surface area contributed by atoms with E-state index in [1.807, 2.05) is 0 Å². The summed E-state index contributed by atoms with van der Waals surface area (Å²) < 4.78 is 32.8. The van der Waals surface area contributed by atoms with Crippen LogP contribution in [0.5, 0.6) is 5.75 Å². The van der Waals surface area contributed by atoms with Crippen LogP contribution in [0.1, 0.15) is 10.4 Å². The van der Waals surface area contributed by atoms with Crippen LogP contribution in [-0.2, 0) is 10.0 Å². The standard InChI is InChI=1S/C20H17N3O6S/c1-29-14-10-12-15(13-11-14)30(27,28)22-18-8-4-3-7-17(18)21-20(24)16-6-2-5-9-19(16)23(25)26/h2-13,22H,1H3,(H,21,24). The predicted molar refractivity (Wildman–Crippen MR) is 111 cm³/mol. The van der Waals surface area contributed by atoms with Crippen LogP contribution < -0.4 is 14.8 Å². The molecule has 0 aliphatic heterocycles. The van der Waals surface area contributed by atoms with Crippen molar-refractivity contribution in [1.29, 1.82) is 0 Å². The summed E-state index contributed by atoms with van der Waals surface area (Å²) in [6, 6.07) is 17.4. The van der Waals surface area contributed by atoms with Gasteiger partial charge in [0.15, 0.2) is 0 Å². The molecule has 0 unspecified atom stereocenters. The van der Waals surface area contributed by atoms with Gasteiger partial charge in [-0.2, -0.15) is 0 Å². The normalized spacial score (nSPS) is 10.8. The van der Waals surface area contributed by atoms with E-state index in [1.165, 1.54) is 67.8 Å². The summed E-state index contributed by atoms with van der Waals surface area (Å²) in [5.41, 5.74) is -0.236. The zero-order chi connectivity index (χ0) is 21.7. The van der Waals surface area contributed by atoms with Gasteiger partial charge >= 0.3 is 0 Å². The number of carbonyl (C=O) groups is 1. The molecule has 0 fully saturated rings. The third kappa shape index (κ3) is 4.55. The Morgan fingerprint density at radius 2 is 1.53 bits per heavy atom. The zero-order valence-electron chi connectivity index (χ0n) is 15.7. The number of nitrogens with one attached hydrogen (secondary N) is 2. The van der Waals surface area contributed by atoms with Gasteiger partial charge in [-0.3, -0.25) is 19.6 Å². The molecule has 3 aromatic rings. The maximum absolute atomic E-state index is 12.7. The minimum Gasteiger partial charge on any atom is -0.497 e. The first-order chi connectivity index (χ1) is 14.3. The van der Waals surface area contributed by atoms with Gasteiger partial charge in [-0.25, -0.2) is 8.42 Å². The highest BCUT2D eigenvalue weighted by Crippen LogP contribution is 2.27. The van der Waals surface area contributed by atoms with E-state index in [1.54, 1.807) is 12.1 Å². The van der Waals surface area contributed by atoms with Crippen LogP contribution in [0.2, 0.25) is 0 Å². The van der Waals surface area contributed by atoms with Crippen molar-refractivity contribution in [3.63, 3.8) is 0 Å². The summed E-state index contributed by atoms with van der Waals surface area (Å²) in [7, 11) is -2.48. The van der Waals surface area contributed by atoms with Crippen molar-refractivity contribution in [3.8, 4) is 5.75 Å². The highest BCUT2D eigenvalue weighted by molar-refractivity contribution is 7.92. The molecular weight excluding hydrogens is 410 g/mol. The molecule has 0 heterocycles. The van der Waals surface area contributed by atoms with Gasteiger partial charge in [-0.1, -0.05) is 24.3 Å². The smallest absolute Gasteiger partial charge is 0.282 e. The van der Waals surface area contributed by atoms with E-state index in [9.17, 15) is 23.3 Å². The summed E-state index contributed by atoms with van der Waals surface area (Å²) in [6.07, 6.45) is 0. The van der Waals surface area contributed by atoms with Crippen molar-refractivity contribution in [2.45, 2.75) is 4.90 Å². The zero-order valence-corrected chi connectivity index (χ0v) is 16.5. The number of nitrogens with zero attached hydrogens (tertiary/aromatic N) is 1. The second kappa shape index (κ2) is 8.62. The highest BCUT2D eigenvalue weighted by atomic mass is 32.2. The molecule has 0 radical (unpaired) electrons. The second-order valence-electron chi connectivity index (χ2n) is 6.05. The van der Waals surface area contributed by atoms with E-state index in [4.69, 9.17) is 4.74 Å². The number of para-hydroxylation sites is 3. The largest absolute Gasteiger partial charge is 0.497 e. The van der Waals surface area contributed by atoms with Crippen LogP contribution >= 0.6 is 0 Å². The van der Waals surface area contributed by atoms with E-state index in [-0.39, 0.29) is 27.5 Å². The molecule has 30 heavy (non-hydrogen) atoms. The summed E-state index contributed by atoms with van der Waals surface area (Å²) in [5, 5.41) is 13.7. The number of benzene rings is 3. The second-order valence-corrected chi connectivity index (χ2v) is 7.74. The van der Waals surface area contributed by atoms with Crippen molar-refractivity contribution < 1.29 is 22.9 Å². The first-order valence-electron chi connectivity index (χ1n) is 8.62. The van der Waals surface area contributed by atoms with Crippen molar-refractivity contribution in [2.24, 2.45) is 0 Å². The van der Waals surface area contributed by atoms with Crippen LogP contribution in [0.3, 0.4) is 0 Å². The van der Waals surface area contributed by atoms with E-state index in [0.29, 0.717) is 5.75 Å². The molecule has 0 aromatic heterocycles. The van der Waals surface area contributed by atoms with Crippen molar-refractivity contribution in [2.75, 3.05) is 17.1 Å². The molecule has 0 saturated carbocycles. The van der Waals surface area contributed by atoms with Gasteiger partial charge in [0.25, 0.3) is 21.6 Å². The molecule has 0 aliphatic carbocycles. The Labute approximate surface area is 172 Å². The quantitative estimate of drug-likeness (QED) is 0.437. The first kappa shape index (κ1) is 20.8. The Hall–Kier alpha value is -3.92. The van der Waals surface area contributed by atoms with Crippen LogP contribution in [0, 0.1) is 10.1 Å². The number of hydrogen-bond acceptors (Lipinski definition) is 6. The molecule has 154 valence electrons. The number of sulfonamides is 1. The van der Waals surface area contributed by atoms with Gasteiger partial charge in [0.2, 0.25) is 0 Å². The van der Waals surface area contributed by atoms with Crippen LogP contribution in [0.4, 0.5) is 17.1 Å². The minimum atomic E-state index is -3.95. The monoisotopic (exact) mass is 427 g/mol. The minimum absolute atomic E-state index is 0.00290. The maximum atomic E-state index is 12.7. The molecule has 9 nitrogen and oxygen atoms in total. The molecule has 10 heteroatoms. The lowest BCUT2D eigenvalue weighted by Gasteiger charge is -2.14. The number of methoxy groups -OCH3 is 1. The van der Waals surface area contributed by atoms with Gasteiger partial charge in [-0.15, -0.1) is 0 Å². The first-order valence-corrected chi connectivity index (χ1v) is 10.1. The number of nitro benzene ring substituents is 1. The van der Waals surface area contributed by atoms with Gasteiger partial charge in [0.05, 0.1) is 28.3 Å². The van der Waals surface area contributed by atoms with Gasteiger partial charge < -0.3 is 10.1 Å². The number of anilines is 2. The molecule has 0 atom stereocenters. The summed E-state index contributed by atoms with van der Waals surface area (Å²) in [5.74, 6) is -0.232. The summed E-state index contributed by atoms with van der Waals surface area (Å²) in [6.45, 7) is 0. The summed E-state index contributed by atoms with van der Waals surface area (Å²) in [4.78, 5) is 23.1. The van der Waals surface area contributed by atoms with Crippen LogP contribution in [0.15, 0.2) is 77.7 Å².